The van der Waals surface area contributed by atoms with E-state index in [9.17, 15) is 14.7 Å². The lowest BCUT2D eigenvalue weighted by Gasteiger charge is -2.39. The molecule has 3 heterocycles. The third kappa shape index (κ3) is 1.97. The van der Waals surface area contributed by atoms with Crippen molar-refractivity contribution in [1.29, 1.82) is 0 Å². The summed E-state index contributed by atoms with van der Waals surface area (Å²) in [5.74, 6) is -0.528. The zero-order valence-corrected chi connectivity index (χ0v) is 13.2. The monoisotopic (exact) mass is 327 g/mol. The summed E-state index contributed by atoms with van der Waals surface area (Å²) in [5.41, 5.74) is 0.865. The molecule has 7 heteroatoms. The minimum atomic E-state index is -0.801. The Morgan fingerprint density at radius 1 is 1.38 bits per heavy atom. The van der Waals surface area contributed by atoms with E-state index in [2.05, 4.69) is 10.1 Å². The molecular weight excluding hydrogens is 310 g/mol. The Hall–Kier alpha value is -2.70. The number of carbonyl (C=O) groups excluding carboxylic acids is 1. The van der Waals surface area contributed by atoms with Crippen molar-refractivity contribution < 1.29 is 19.2 Å². The molecule has 4 rings (SSSR count). The van der Waals surface area contributed by atoms with Gasteiger partial charge in [0.2, 0.25) is 0 Å². The molecule has 2 aromatic heterocycles. The maximum atomic E-state index is 13.0. The summed E-state index contributed by atoms with van der Waals surface area (Å²) in [4.78, 5) is 30.2. The van der Waals surface area contributed by atoms with Crippen molar-refractivity contribution in [3.8, 4) is 11.3 Å². The van der Waals surface area contributed by atoms with Crippen molar-refractivity contribution in [3.63, 3.8) is 0 Å². The lowest BCUT2D eigenvalue weighted by molar-refractivity contribution is -0.156. The van der Waals surface area contributed by atoms with E-state index in [1.807, 2.05) is 0 Å². The lowest BCUT2D eigenvalue weighted by atomic mass is 9.62. The van der Waals surface area contributed by atoms with E-state index >= 15 is 0 Å². The number of fused-ring (bicyclic) bond motifs is 1. The molecule has 2 aliphatic rings. The van der Waals surface area contributed by atoms with Gasteiger partial charge >= 0.3 is 5.97 Å². The molecule has 1 aliphatic carbocycles. The molecule has 2 atom stereocenters. The number of rotatable bonds is 3. The second-order valence-corrected chi connectivity index (χ2v) is 6.58. The van der Waals surface area contributed by atoms with Crippen molar-refractivity contribution in [2.75, 3.05) is 13.1 Å². The number of aryl methyl sites for hydroxylation is 1. The molecule has 2 aromatic rings. The fourth-order valence-corrected chi connectivity index (χ4v) is 3.84. The first kappa shape index (κ1) is 14.9. The number of pyridine rings is 1. The van der Waals surface area contributed by atoms with Crippen LogP contribution in [-0.4, -0.2) is 45.1 Å². The lowest BCUT2D eigenvalue weighted by Crippen LogP contribution is -2.46. The highest BCUT2D eigenvalue weighted by molar-refractivity contribution is 6.01. The highest BCUT2D eigenvalue weighted by atomic mass is 16.5. The highest BCUT2D eigenvalue weighted by Gasteiger charge is 2.59. The van der Waals surface area contributed by atoms with Gasteiger partial charge in [-0.3, -0.25) is 14.6 Å². The van der Waals surface area contributed by atoms with Crippen LogP contribution in [0.15, 0.2) is 29.0 Å². The first-order chi connectivity index (χ1) is 11.5. The van der Waals surface area contributed by atoms with Gasteiger partial charge in [-0.2, -0.15) is 0 Å². The molecule has 2 fully saturated rings. The molecule has 0 unspecified atom stereocenters. The predicted molar refractivity (Wildman–Crippen MR) is 83.2 cm³/mol. The SMILES string of the molecule is Cc1onc(-c2ccncc2)c1C(=O)N1C[C@@H]2CC[C@]2(C(=O)O)C1. The van der Waals surface area contributed by atoms with Crippen LogP contribution in [0.5, 0.6) is 0 Å². The summed E-state index contributed by atoms with van der Waals surface area (Å²) >= 11 is 0. The van der Waals surface area contributed by atoms with Gasteiger partial charge in [0.25, 0.3) is 5.91 Å². The third-order valence-electron chi connectivity index (χ3n) is 5.38. The zero-order valence-electron chi connectivity index (χ0n) is 13.2. The minimum absolute atomic E-state index is 0.0449. The molecule has 1 amide bonds. The van der Waals surface area contributed by atoms with Crippen LogP contribution < -0.4 is 0 Å². The van der Waals surface area contributed by atoms with Gasteiger partial charge in [0.05, 0.1) is 5.41 Å². The van der Waals surface area contributed by atoms with Gasteiger partial charge in [-0.25, -0.2) is 0 Å². The van der Waals surface area contributed by atoms with Gasteiger partial charge in [0, 0.05) is 31.0 Å². The molecule has 1 aliphatic heterocycles. The largest absolute Gasteiger partial charge is 0.481 e. The Morgan fingerprint density at radius 2 is 2.12 bits per heavy atom. The Kier molecular flexibility index (Phi) is 3.19. The quantitative estimate of drug-likeness (QED) is 0.926. The van der Waals surface area contributed by atoms with Crippen LogP contribution >= 0.6 is 0 Å². The number of nitrogens with zero attached hydrogens (tertiary/aromatic N) is 3. The van der Waals surface area contributed by atoms with Crippen molar-refractivity contribution in [2.24, 2.45) is 11.3 Å². The maximum absolute atomic E-state index is 13.0. The maximum Gasteiger partial charge on any atom is 0.311 e. The average molecular weight is 327 g/mol. The fourth-order valence-electron chi connectivity index (χ4n) is 3.84. The van der Waals surface area contributed by atoms with Crippen molar-refractivity contribution >= 4 is 11.9 Å². The Labute approximate surface area is 138 Å². The van der Waals surface area contributed by atoms with Crippen LogP contribution in [0.2, 0.25) is 0 Å². The van der Waals surface area contributed by atoms with E-state index in [0.717, 1.165) is 12.0 Å². The van der Waals surface area contributed by atoms with Crippen molar-refractivity contribution in [2.45, 2.75) is 19.8 Å². The number of hydrogen-bond acceptors (Lipinski definition) is 5. The molecule has 24 heavy (non-hydrogen) atoms. The molecular formula is C17H17N3O4. The molecule has 1 saturated heterocycles. The first-order valence-corrected chi connectivity index (χ1v) is 7.92. The van der Waals surface area contributed by atoms with E-state index in [4.69, 9.17) is 4.52 Å². The van der Waals surface area contributed by atoms with Crippen molar-refractivity contribution in [1.82, 2.24) is 15.0 Å². The van der Waals surface area contributed by atoms with Crippen LogP contribution in [0.1, 0.15) is 29.0 Å². The summed E-state index contributed by atoms with van der Waals surface area (Å²) in [6, 6.07) is 3.53. The summed E-state index contributed by atoms with van der Waals surface area (Å²) in [6.07, 6.45) is 4.75. The Balaban J connectivity index is 1.67. The van der Waals surface area contributed by atoms with E-state index < -0.39 is 11.4 Å². The van der Waals surface area contributed by atoms with E-state index in [0.29, 0.717) is 30.0 Å². The summed E-state index contributed by atoms with van der Waals surface area (Å²) in [6.45, 7) is 2.43. The minimum Gasteiger partial charge on any atom is -0.481 e. The molecule has 0 bridgehead atoms. The number of carbonyl (C=O) groups is 2. The smallest absolute Gasteiger partial charge is 0.311 e. The summed E-state index contributed by atoms with van der Waals surface area (Å²) in [7, 11) is 0. The number of aliphatic carboxylic acids is 1. The van der Waals surface area contributed by atoms with Gasteiger partial charge in [-0.15, -0.1) is 0 Å². The Bertz CT molecular complexity index is 816. The topological polar surface area (TPSA) is 96.5 Å². The van der Waals surface area contributed by atoms with Gasteiger partial charge in [0.15, 0.2) is 0 Å². The molecule has 0 spiro atoms. The van der Waals surface area contributed by atoms with Gasteiger partial charge in [-0.05, 0) is 37.8 Å². The van der Waals surface area contributed by atoms with E-state index in [-0.39, 0.29) is 18.4 Å². The molecule has 0 radical (unpaired) electrons. The molecule has 7 nitrogen and oxygen atoms in total. The third-order valence-corrected chi connectivity index (χ3v) is 5.38. The number of carboxylic acids is 1. The standard InChI is InChI=1S/C17H17N3O4/c1-10-13(14(19-24-10)11-3-6-18-7-4-11)15(21)20-8-12-2-5-17(12,9-20)16(22)23/h3-4,6-7,12H,2,5,8-9H2,1H3,(H,22,23)/t12-,17-/m0/s1. The molecule has 124 valence electrons. The number of carboxylic acid groups (broad SMARTS) is 1. The van der Waals surface area contributed by atoms with Crippen LogP contribution in [0.25, 0.3) is 11.3 Å². The van der Waals surface area contributed by atoms with Crippen LogP contribution in [0.4, 0.5) is 0 Å². The van der Waals surface area contributed by atoms with E-state index in [1.54, 1.807) is 36.4 Å². The fraction of sp³-hybridized carbons (Fsp3) is 0.412. The number of amides is 1. The predicted octanol–water partition coefficient (Wildman–Crippen LogP) is 1.98. The molecule has 1 saturated carbocycles. The summed E-state index contributed by atoms with van der Waals surface area (Å²) in [5, 5.41) is 13.6. The van der Waals surface area contributed by atoms with Crippen molar-refractivity contribution in [3.05, 3.63) is 35.9 Å². The number of hydrogen-bond donors (Lipinski definition) is 1. The molecule has 0 aromatic carbocycles. The van der Waals surface area contributed by atoms with Crippen LogP contribution in [0.3, 0.4) is 0 Å². The first-order valence-electron chi connectivity index (χ1n) is 7.92. The number of aromatic nitrogens is 2. The summed E-state index contributed by atoms with van der Waals surface area (Å²) < 4.78 is 5.24. The second-order valence-electron chi connectivity index (χ2n) is 6.58. The normalized spacial score (nSPS) is 25.2. The van der Waals surface area contributed by atoms with Gasteiger partial charge in [0.1, 0.15) is 17.0 Å². The Morgan fingerprint density at radius 3 is 2.71 bits per heavy atom. The van der Waals surface area contributed by atoms with Crippen LogP contribution in [0, 0.1) is 18.3 Å². The average Bonchev–Trinajstić information content (AvgIpc) is 3.07. The molecule has 1 N–H and O–H groups in total. The van der Waals surface area contributed by atoms with Gasteiger partial charge < -0.3 is 14.5 Å². The second kappa shape index (κ2) is 5.15. The van der Waals surface area contributed by atoms with Gasteiger partial charge in [-0.1, -0.05) is 5.16 Å². The highest BCUT2D eigenvalue weighted by Crippen LogP contribution is 2.52. The zero-order chi connectivity index (χ0) is 16.9. The van der Waals surface area contributed by atoms with E-state index in [1.165, 1.54) is 0 Å². The number of likely N-dealkylation sites (tertiary alicyclic amines) is 1. The van der Waals surface area contributed by atoms with Crippen LogP contribution in [-0.2, 0) is 4.79 Å².